The summed E-state index contributed by atoms with van der Waals surface area (Å²) in [5.41, 5.74) is 0.534. The SMILES string of the molecule is CN(CC(=O)Nc1ccc(F)cc1)CC(=O)NC1CC1. The third-order valence-electron chi connectivity index (χ3n) is 2.90. The van der Waals surface area contributed by atoms with Gasteiger partial charge in [-0.15, -0.1) is 0 Å². The van der Waals surface area contributed by atoms with Crippen molar-refractivity contribution in [3.05, 3.63) is 30.1 Å². The molecule has 5 nitrogen and oxygen atoms in total. The van der Waals surface area contributed by atoms with Gasteiger partial charge >= 0.3 is 0 Å². The zero-order valence-corrected chi connectivity index (χ0v) is 11.4. The van der Waals surface area contributed by atoms with Crippen molar-refractivity contribution in [1.82, 2.24) is 10.2 Å². The molecule has 1 saturated carbocycles. The standard InChI is InChI=1S/C14H18FN3O2/c1-18(9-14(20)17-12-6-7-12)8-13(19)16-11-4-2-10(15)3-5-11/h2-5,12H,6-9H2,1H3,(H,16,19)(H,17,20). The van der Waals surface area contributed by atoms with E-state index < -0.39 is 0 Å². The van der Waals surface area contributed by atoms with Crippen molar-refractivity contribution in [3.63, 3.8) is 0 Å². The van der Waals surface area contributed by atoms with Crippen LogP contribution in [-0.2, 0) is 9.59 Å². The lowest BCUT2D eigenvalue weighted by atomic mass is 10.3. The van der Waals surface area contributed by atoms with Crippen molar-refractivity contribution in [2.45, 2.75) is 18.9 Å². The van der Waals surface area contributed by atoms with Crippen LogP contribution in [0.3, 0.4) is 0 Å². The highest BCUT2D eigenvalue weighted by molar-refractivity contribution is 5.92. The van der Waals surface area contributed by atoms with E-state index in [0.29, 0.717) is 11.7 Å². The first kappa shape index (κ1) is 14.5. The van der Waals surface area contributed by atoms with Crippen LogP contribution in [0, 0.1) is 5.82 Å². The maximum Gasteiger partial charge on any atom is 0.238 e. The Morgan fingerprint density at radius 1 is 1.20 bits per heavy atom. The Kier molecular flexibility index (Phi) is 4.68. The molecule has 0 atom stereocenters. The zero-order chi connectivity index (χ0) is 14.5. The molecule has 1 aromatic rings. The lowest BCUT2D eigenvalue weighted by Gasteiger charge is -2.15. The summed E-state index contributed by atoms with van der Waals surface area (Å²) in [6, 6.07) is 5.87. The summed E-state index contributed by atoms with van der Waals surface area (Å²) in [7, 11) is 1.71. The normalized spacial score (nSPS) is 14.2. The molecule has 0 bridgehead atoms. The number of benzene rings is 1. The molecule has 1 aliphatic carbocycles. The topological polar surface area (TPSA) is 61.4 Å². The van der Waals surface area contributed by atoms with Crippen molar-refractivity contribution in [3.8, 4) is 0 Å². The van der Waals surface area contributed by atoms with Gasteiger partial charge in [-0.1, -0.05) is 0 Å². The summed E-state index contributed by atoms with van der Waals surface area (Å²) < 4.78 is 12.7. The Morgan fingerprint density at radius 2 is 1.80 bits per heavy atom. The highest BCUT2D eigenvalue weighted by Crippen LogP contribution is 2.18. The van der Waals surface area contributed by atoms with Crippen molar-refractivity contribution in [2.75, 3.05) is 25.5 Å². The van der Waals surface area contributed by atoms with Crippen LogP contribution >= 0.6 is 0 Å². The third-order valence-corrected chi connectivity index (χ3v) is 2.90. The van der Waals surface area contributed by atoms with Gasteiger partial charge in [-0.2, -0.15) is 0 Å². The van der Waals surface area contributed by atoms with E-state index in [9.17, 15) is 14.0 Å². The summed E-state index contributed by atoms with van der Waals surface area (Å²) in [6.07, 6.45) is 2.08. The lowest BCUT2D eigenvalue weighted by molar-refractivity contribution is -0.123. The Hall–Kier alpha value is -1.95. The molecule has 2 N–H and O–H groups in total. The molecule has 1 aliphatic rings. The van der Waals surface area contributed by atoms with E-state index in [4.69, 9.17) is 0 Å². The molecule has 108 valence electrons. The van der Waals surface area contributed by atoms with Gasteiger partial charge < -0.3 is 10.6 Å². The minimum atomic E-state index is -0.350. The number of anilines is 1. The number of halogens is 1. The van der Waals surface area contributed by atoms with E-state index in [1.54, 1.807) is 11.9 Å². The van der Waals surface area contributed by atoms with Crippen molar-refractivity contribution in [2.24, 2.45) is 0 Å². The quantitative estimate of drug-likeness (QED) is 0.816. The lowest BCUT2D eigenvalue weighted by Crippen LogP contribution is -2.39. The maximum atomic E-state index is 12.7. The predicted octanol–water partition coefficient (Wildman–Crippen LogP) is 0.975. The fraction of sp³-hybridized carbons (Fsp3) is 0.429. The minimum absolute atomic E-state index is 0.0652. The molecule has 1 fully saturated rings. The fourth-order valence-corrected chi connectivity index (χ4v) is 1.78. The van der Waals surface area contributed by atoms with E-state index in [1.807, 2.05) is 0 Å². The second kappa shape index (κ2) is 6.47. The molecular formula is C14H18FN3O2. The van der Waals surface area contributed by atoms with Crippen molar-refractivity contribution in [1.29, 1.82) is 0 Å². The molecule has 0 aromatic heterocycles. The van der Waals surface area contributed by atoms with Gasteiger partial charge in [-0.05, 0) is 44.2 Å². The van der Waals surface area contributed by atoms with Gasteiger partial charge in [0.2, 0.25) is 11.8 Å². The van der Waals surface area contributed by atoms with E-state index >= 15 is 0 Å². The Morgan fingerprint density at radius 3 is 2.40 bits per heavy atom. The molecule has 0 heterocycles. The van der Waals surface area contributed by atoms with Gasteiger partial charge in [0.15, 0.2) is 0 Å². The fourth-order valence-electron chi connectivity index (χ4n) is 1.78. The average Bonchev–Trinajstić information content (AvgIpc) is 3.15. The second-order valence-electron chi connectivity index (χ2n) is 5.07. The predicted molar refractivity (Wildman–Crippen MR) is 73.7 cm³/mol. The summed E-state index contributed by atoms with van der Waals surface area (Å²) in [4.78, 5) is 24.9. The van der Waals surface area contributed by atoms with Gasteiger partial charge in [-0.3, -0.25) is 14.5 Å². The largest absolute Gasteiger partial charge is 0.352 e. The number of nitrogens with one attached hydrogen (secondary N) is 2. The number of hydrogen-bond donors (Lipinski definition) is 2. The second-order valence-corrected chi connectivity index (χ2v) is 5.07. The van der Waals surface area contributed by atoms with E-state index in [-0.39, 0.29) is 30.7 Å². The van der Waals surface area contributed by atoms with Gasteiger partial charge in [0.25, 0.3) is 0 Å². The number of nitrogens with zero attached hydrogens (tertiary/aromatic N) is 1. The van der Waals surface area contributed by atoms with Gasteiger partial charge in [-0.25, -0.2) is 4.39 Å². The van der Waals surface area contributed by atoms with E-state index in [0.717, 1.165) is 12.8 Å². The van der Waals surface area contributed by atoms with Crippen LogP contribution in [0.25, 0.3) is 0 Å². The zero-order valence-electron chi connectivity index (χ0n) is 11.4. The first-order chi connectivity index (χ1) is 9.52. The molecule has 0 aliphatic heterocycles. The molecular weight excluding hydrogens is 261 g/mol. The van der Waals surface area contributed by atoms with E-state index in [1.165, 1.54) is 24.3 Å². The molecule has 6 heteroatoms. The van der Waals surface area contributed by atoms with Crippen LogP contribution in [0.1, 0.15) is 12.8 Å². The Balaban J connectivity index is 1.72. The number of carbonyl (C=O) groups is 2. The molecule has 2 rings (SSSR count). The first-order valence-corrected chi connectivity index (χ1v) is 6.56. The summed E-state index contributed by atoms with van der Waals surface area (Å²) >= 11 is 0. The van der Waals surface area contributed by atoms with Crippen LogP contribution < -0.4 is 10.6 Å². The Labute approximate surface area is 117 Å². The Bertz CT molecular complexity index is 486. The summed E-state index contributed by atoms with van der Waals surface area (Å²) in [5, 5.41) is 5.51. The molecule has 2 amide bonds. The average molecular weight is 279 g/mol. The van der Waals surface area contributed by atoms with Crippen LogP contribution in [0.15, 0.2) is 24.3 Å². The van der Waals surface area contributed by atoms with Gasteiger partial charge in [0.1, 0.15) is 5.82 Å². The summed E-state index contributed by atoms with van der Waals surface area (Å²) in [6.45, 7) is 0.294. The molecule has 1 aromatic carbocycles. The number of rotatable bonds is 6. The molecule has 0 radical (unpaired) electrons. The van der Waals surface area contributed by atoms with E-state index in [2.05, 4.69) is 10.6 Å². The number of likely N-dealkylation sites (N-methyl/N-ethyl adjacent to an activating group) is 1. The highest BCUT2D eigenvalue weighted by atomic mass is 19.1. The van der Waals surface area contributed by atoms with Crippen LogP contribution in [-0.4, -0.2) is 42.9 Å². The van der Waals surface area contributed by atoms with Crippen LogP contribution in [0.5, 0.6) is 0 Å². The molecule has 0 saturated heterocycles. The van der Waals surface area contributed by atoms with Crippen LogP contribution in [0.4, 0.5) is 10.1 Å². The number of carbonyl (C=O) groups excluding carboxylic acids is 2. The smallest absolute Gasteiger partial charge is 0.238 e. The number of hydrogen-bond acceptors (Lipinski definition) is 3. The van der Waals surface area contributed by atoms with Gasteiger partial charge in [0.05, 0.1) is 13.1 Å². The van der Waals surface area contributed by atoms with Crippen LogP contribution in [0.2, 0.25) is 0 Å². The monoisotopic (exact) mass is 279 g/mol. The van der Waals surface area contributed by atoms with Crippen molar-refractivity contribution < 1.29 is 14.0 Å². The number of amides is 2. The van der Waals surface area contributed by atoms with Gasteiger partial charge in [0, 0.05) is 11.7 Å². The molecule has 20 heavy (non-hydrogen) atoms. The molecule has 0 unspecified atom stereocenters. The first-order valence-electron chi connectivity index (χ1n) is 6.56. The minimum Gasteiger partial charge on any atom is -0.352 e. The molecule has 0 spiro atoms. The van der Waals surface area contributed by atoms with Crippen molar-refractivity contribution >= 4 is 17.5 Å². The third kappa shape index (κ3) is 4.97. The summed E-state index contributed by atoms with van der Waals surface area (Å²) in [5.74, 6) is -0.653. The maximum absolute atomic E-state index is 12.7. The highest BCUT2D eigenvalue weighted by Gasteiger charge is 2.23.